The average molecular weight is 373 g/mol. The first-order chi connectivity index (χ1) is 13.0. The van der Waals surface area contributed by atoms with Gasteiger partial charge in [-0.2, -0.15) is 0 Å². The molecule has 1 aliphatic rings. The lowest BCUT2D eigenvalue weighted by Crippen LogP contribution is -2.36. The summed E-state index contributed by atoms with van der Waals surface area (Å²) in [6.45, 7) is 10.1. The fourth-order valence-electron chi connectivity index (χ4n) is 3.77. The molecular weight excluding hydrogens is 345 g/mol. The zero-order valence-corrected chi connectivity index (χ0v) is 16.3. The molecule has 1 N–H and O–H groups in total. The minimum Gasteiger partial charge on any atom is -0.378 e. The van der Waals surface area contributed by atoms with Gasteiger partial charge in [-0.3, -0.25) is 4.79 Å². The third-order valence-electron chi connectivity index (χ3n) is 5.04. The van der Waals surface area contributed by atoms with Crippen LogP contribution in [0.4, 0.5) is 10.1 Å². The molecule has 0 atom stereocenters. The zero-order valence-electron chi connectivity index (χ0n) is 16.3. The molecule has 0 radical (unpaired) electrons. The number of morpholine rings is 1. The van der Waals surface area contributed by atoms with E-state index in [2.05, 4.69) is 10.2 Å². The first-order valence-electron chi connectivity index (χ1n) is 9.58. The molecule has 3 rings (SSSR count). The van der Waals surface area contributed by atoms with Gasteiger partial charge < -0.3 is 19.5 Å². The molecule has 0 saturated carbocycles. The van der Waals surface area contributed by atoms with Crippen molar-refractivity contribution < 1.29 is 13.9 Å². The summed E-state index contributed by atoms with van der Waals surface area (Å²) >= 11 is 0. The van der Waals surface area contributed by atoms with Gasteiger partial charge in [0.25, 0.3) is 5.91 Å². The highest BCUT2D eigenvalue weighted by molar-refractivity contribution is 5.96. The lowest BCUT2D eigenvalue weighted by Gasteiger charge is -2.29. The largest absolute Gasteiger partial charge is 0.378 e. The molecule has 0 aliphatic carbocycles. The van der Waals surface area contributed by atoms with E-state index in [0.29, 0.717) is 32.0 Å². The number of nitrogens with zero attached hydrogens (tertiary/aromatic N) is 2. The molecular formula is C21H28FN3O2. The topological polar surface area (TPSA) is 46.5 Å². The van der Waals surface area contributed by atoms with Crippen molar-refractivity contribution in [3.8, 4) is 0 Å². The van der Waals surface area contributed by atoms with E-state index in [4.69, 9.17) is 4.74 Å². The maximum atomic E-state index is 13.7. The number of carbonyl (C=O) groups is 1. The summed E-state index contributed by atoms with van der Waals surface area (Å²) in [5.41, 5.74) is 4.59. The van der Waals surface area contributed by atoms with Gasteiger partial charge in [-0.25, -0.2) is 4.39 Å². The van der Waals surface area contributed by atoms with Crippen LogP contribution in [0.5, 0.6) is 0 Å². The van der Waals surface area contributed by atoms with Crippen LogP contribution < -0.4 is 10.2 Å². The third-order valence-corrected chi connectivity index (χ3v) is 5.04. The van der Waals surface area contributed by atoms with E-state index >= 15 is 0 Å². The van der Waals surface area contributed by atoms with Crippen LogP contribution in [-0.2, 0) is 11.3 Å². The first-order valence-corrected chi connectivity index (χ1v) is 9.58. The van der Waals surface area contributed by atoms with Crippen LogP contribution >= 0.6 is 0 Å². The van der Waals surface area contributed by atoms with Gasteiger partial charge in [0.1, 0.15) is 11.5 Å². The van der Waals surface area contributed by atoms with Crippen LogP contribution in [0.2, 0.25) is 0 Å². The number of anilines is 1. The molecule has 0 spiro atoms. The molecule has 27 heavy (non-hydrogen) atoms. The Bertz CT molecular complexity index is 810. The van der Waals surface area contributed by atoms with Gasteiger partial charge in [-0.05, 0) is 38.0 Å². The van der Waals surface area contributed by atoms with Crippen molar-refractivity contribution in [1.29, 1.82) is 0 Å². The van der Waals surface area contributed by atoms with Crippen molar-refractivity contribution >= 4 is 11.6 Å². The predicted octanol–water partition coefficient (Wildman–Crippen LogP) is 3.27. The molecule has 1 amide bonds. The Balaban J connectivity index is 2.03. The standard InChI is InChI=1S/C21H28FN3O2/c1-4-8-23-21(26)20-15(2)19(24-9-11-27-12-10-24)16(3)25(20)14-17-6-5-7-18(22)13-17/h5-7,13H,4,8-12,14H2,1-3H3,(H,23,26). The number of nitrogens with one attached hydrogen (secondary N) is 1. The zero-order chi connectivity index (χ0) is 19.4. The number of hydrogen-bond donors (Lipinski definition) is 1. The maximum Gasteiger partial charge on any atom is 0.268 e. The van der Waals surface area contributed by atoms with Crippen molar-refractivity contribution in [3.63, 3.8) is 0 Å². The number of amides is 1. The molecule has 146 valence electrons. The van der Waals surface area contributed by atoms with Crippen molar-refractivity contribution in [2.75, 3.05) is 37.7 Å². The van der Waals surface area contributed by atoms with Crippen LogP contribution in [-0.4, -0.2) is 43.3 Å². The number of rotatable bonds is 6. The normalized spacial score (nSPS) is 14.4. The Morgan fingerprint density at radius 2 is 2.00 bits per heavy atom. The summed E-state index contributed by atoms with van der Waals surface area (Å²) in [6.07, 6.45) is 0.880. The molecule has 1 aromatic carbocycles. The van der Waals surface area contributed by atoms with Gasteiger partial charge in [-0.1, -0.05) is 19.1 Å². The van der Waals surface area contributed by atoms with Crippen molar-refractivity contribution in [1.82, 2.24) is 9.88 Å². The molecule has 2 heterocycles. The molecule has 5 nitrogen and oxygen atoms in total. The van der Waals surface area contributed by atoms with Gasteiger partial charge in [0.15, 0.2) is 0 Å². The number of ether oxygens (including phenoxy) is 1. The molecule has 6 heteroatoms. The lowest BCUT2D eigenvalue weighted by molar-refractivity contribution is 0.0944. The van der Waals surface area contributed by atoms with E-state index in [0.717, 1.165) is 42.0 Å². The van der Waals surface area contributed by atoms with E-state index in [1.807, 2.05) is 31.4 Å². The highest BCUT2D eigenvalue weighted by Gasteiger charge is 2.26. The molecule has 0 unspecified atom stereocenters. The van der Waals surface area contributed by atoms with Gasteiger partial charge in [-0.15, -0.1) is 0 Å². The number of aromatic nitrogens is 1. The SMILES string of the molecule is CCCNC(=O)c1c(C)c(N2CCOCC2)c(C)n1Cc1cccc(F)c1. The second kappa shape index (κ2) is 8.57. The number of carbonyl (C=O) groups excluding carboxylic acids is 1. The van der Waals surface area contributed by atoms with Gasteiger partial charge >= 0.3 is 0 Å². The van der Waals surface area contributed by atoms with E-state index in [1.165, 1.54) is 12.1 Å². The molecule has 1 aliphatic heterocycles. The van der Waals surface area contributed by atoms with Crippen LogP contribution in [0.1, 0.15) is 40.7 Å². The van der Waals surface area contributed by atoms with E-state index < -0.39 is 0 Å². The highest BCUT2D eigenvalue weighted by Crippen LogP contribution is 2.32. The third kappa shape index (κ3) is 4.16. The fourth-order valence-corrected chi connectivity index (χ4v) is 3.77. The average Bonchev–Trinajstić information content (AvgIpc) is 2.90. The van der Waals surface area contributed by atoms with E-state index in [9.17, 15) is 9.18 Å². The Hall–Kier alpha value is -2.34. The number of benzene rings is 1. The Labute approximate surface area is 160 Å². The molecule has 1 aromatic heterocycles. The van der Waals surface area contributed by atoms with E-state index in [-0.39, 0.29) is 11.7 Å². The summed E-state index contributed by atoms with van der Waals surface area (Å²) in [5, 5.41) is 2.99. The van der Waals surface area contributed by atoms with Crippen LogP contribution in [0.3, 0.4) is 0 Å². The second-order valence-electron chi connectivity index (χ2n) is 6.98. The highest BCUT2D eigenvalue weighted by atomic mass is 19.1. The van der Waals surface area contributed by atoms with Crippen LogP contribution in [0, 0.1) is 19.7 Å². The van der Waals surface area contributed by atoms with E-state index in [1.54, 1.807) is 6.07 Å². The van der Waals surface area contributed by atoms with Gasteiger partial charge in [0, 0.05) is 37.4 Å². The summed E-state index contributed by atoms with van der Waals surface area (Å²) in [4.78, 5) is 15.2. The Kier molecular flexibility index (Phi) is 6.16. The minimum atomic E-state index is -0.264. The monoisotopic (exact) mass is 373 g/mol. The lowest BCUT2D eigenvalue weighted by atomic mass is 10.2. The quantitative estimate of drug-likeness (QED) is 0.845. The van der Waals surface area contributed by atoms with Crippen molar-refractivity contribution in [2.45, 2.75) is 33.7 Å². The smallest absolute Gasteiger partial charge is 0.268 e. The summed E-state index contributed by atoms with van der Waals surface area (Å²) in [5.74, 6) is -0.340. The molecule has 2 aromatic rings. The maximum absolute atomic E-state index is 13.7. The van der Waals surface area contributed by atoms with Crippen LogP contribution in [0.15, 0.2) is 24.3 Å². The molecule has 1 saturated heterocycles. The minimum absolute atomic E-state index is 0.0756. The Morgan fingerprint density at radius 1 is 1.26 bits per heavy atom. The molecule has 0 bridgehead atoms. The van der Waals surface area contributed by atoms with Gasteiger partial charge in [0.2, 0.25) is 0 Å². The second-order valence-corrected chi connectivity index (χ2v) is 6.98. The summed E-state index contributed by atoms with van der Waals surface area (Å²) in [7, 11) is 0. The van der Waals surface area contributed by atoms with Gasteiger partial charge in [0.05, 0.1) is 18.9 Å². The summed E-state index contributed by atoms with van der Waals surface area (Å²) in [6, 6.07) is 6.55. The fraction of sp³-hybridized carbons (Fsp3) is 0.476. The van der Waals surface area contributed by atoms with Crippen molar-refractivity contribution in [3.05, 3.63) is 52.6 Å². The van der Waals surface area contributed by atoms with Crippen molar-refractivity contribution in [2.24, 2.45) is 0 Å². The van der Waals surface area contributed by atoms with Crippen LogP contribution in [0.25, 0.3) is 0 Å². The summed E-state index contributed by atoms with van der Waals surface area (Å²) < 4.78 is 21.2. The predicted molar refractivity (Wildman–Crippen MR) is 105 cm³/mol. The Morgan fingerprint density at radius 3 is 2.67 bits per heavy atom. The molecule has 1 fully saturated rings. The number of halogens is 1. The first kappa shape index (κ1) is 19.4. The number of hydrogen-bond acceptors (Lipinski definition) is 3.